The lowest BCUT2D eigenvalue weighted by Gasteiger charge is -2.26. The van der Waals surface area contributed by atoms with Gasteiger partial charge in [0, 0.05) is 12.1 Å². The maximum absolute atomic E-state index is 12.1. The summed E-state index contributed by atoms with van der Waals surface area (Å²) in [6.45, 7) is 6.25. The first-order chi connectivity index (χ1) is 9.17. The number of amides is 1. The average molecular weight is 268 g/mol. The van der Waals surface area contributed by atoms with Gasteiger partial charge < -0.3 is 10.6 Å². The van der Waals surface area contributed by atoms with E-state index >= 15 is 0 Å². The van der Waals surface area contributed by atoms with Gasteiger partial charge in [0.05, 0.1) is 6.04 Å². The highest BCUT2D eigenvalue weighted by molar-refractivity contribution is 5.81. The maximum atomic E-state index is 12.1. The quantitative estimate of drug-likeness (QED) is 0.775. The van der Waals surface area contributed by atoms with Crippen molar-refractivity contribution in [1.82, 2.24) is 10.6 Å². The molecule has 19 heavy (non-hydrogen) atoms. The Labute approximate surface area is 118 Å². The minimum atomic E-state index is -0.0648. The van der Waals surface area contributed by atoms with E-state index < -0.39 is 0 Å². The molecule has 0 radical (unpaired) electrons. The van der Waals surface area contributed by atoms with Gasteiger partial charge in [0.2, 0.25) is 5.91 Å². The first-order valence-electron chi connectivity index (χ1n) is 8.23. The van der Waals surface area contributed by atoms with Crippen LogP contribution in [0.4, 0.5) is 0 Å². The Bertz CT molecular complexity index is 243. The molecule has 0 heterocycles. The third-order valence-electron chi connectivity index (χ3n) is 4.32. The van der Waals surface area contributed by atoms with Crippen molar-refractivity contribution in [3.05, 3.63) is 0 Å². The molecular formula is C16H32N2O. The zero-order valence-electron chi connectivity index (χ0n) is 13.0. The predicted molar refractivity (Wildman–Crippen MR) is 81.2 cm³/mol. The van der Waals surface area contributed by atoms with E-state index in [9.17, 15) is 4.79 Å². The van der Waals surface area contributed by atoms with Crippen molar-refractivity contribution in [3.8, 4) is 0 Å². The van der Waals surface area contributed by atoms with Crippen molar-refractivity contribution in [3.63, 3.8) is 0 Å². The van der Waals surface area contributed by atoms with Gasteiger partial charge in [-0.1, -0.05) is 46.0 Å². The topological polar surface area (TPSA) is 41.1 Å². The highest BCUT2D eigenvalue weighted by Crippen LogP contribution is 2.17. The number of carbonyl (C=O) groups is 1. The van der Waals surface area contributed by atoms with Crippen molar-refractivity contribution in [2.24, 2.45) is 0 Å². The maximum Gasteiger partial charge on any atom is 0.237 e. The highest BCUT2D eigenvalue weighted by Gasteiger charge is 2.19. The summed E-state index contributed by atoms with van der Waals surface area (Å²) in [7, 11) is 0. The van der Waals surface area contributed by atoms with Crippen molar-refractivity contribution in [1.29, 1.82) is 0 Å². The van der Waals surface area contributed by atoms with Crippen LogP contribution in [-0.4, -0.2) is 24.0 Å². The summed E-state index contributed by atoms with van der Waals surface area (Å²) in [6.07, 6.45) is 11.2. The van der Waals surface area contributed by atoms with E-state index in [2.05, 4.69) is 24.5 Å². The monoisotopic (exact) mass is 268 g/mol. The second-order valence-electron chi connectivity index (χ2n) is 5.95. The predicted octanol–water partition coefficient (Wildman–Crippen LogP) is 3.38. The molecular weight excluding hydrogens is 236 g/mol. The van der Waals surface area contributed by atoms with E-state index in [0.29, 0.717) is 12.1 Å². The molecule has 3 nitrogen and oxygen atoms in total. The molecule has 0 saturated heterocycles. The summed E-state index contributed by atoms with van der Waals surface area (Å²) in [5.41, 5.74) is 0. The van der Waals surface area contributed by atoms with Crippen LogP contribution in [-0.2, 0) is 4.79 Å². The van der Waals surface area contributed by atoms with Gasteiger partial charge in [0.1, 0.15) is 0 Å². The number of hydrogen-bond donors (Lipinski definition) is 2. The van der Waals surface area contributed by atoms with Crippen LogP contribution in [0.3, 0.4) is 0 Å². The van der Waals surface area contributed by atoms with E-state index in [-0.39, 0.29) is 11.9 Å². The van der Waals surface area contributed by atoms with Gasteiger partial charge in [-0.05, 0) is 32.6 Å². The lowest BCUT2D eigenvalue weighted by Crippen LogP contribution is -2.49. The highest BCUT2D eigenvalue weighted by atomic mass is 16.2. The Morgan fingerprint density at radius 3 is 2.11 bits per heavy atom. The molecule has 3 heteroatoms. The summed E-state index contributed by atoms with van der Waals surface area (Å²) in [6, 6.07) is 0.793. The van der Waals surface area contributed by atoms with Crippen LogP contribution in [0.25, 0.3) is 0 Å². The molecule has 1 rings (SSSR count). The largest absolute Gasteiger partial charge is 0.352 e. The minimum absolute atomic E-state index is 0.0648. The summed E-state index contributed by atoms with van der Waals surface area (Å²) < 4.78 is 0. The molecule has 1 amide bonds. The molecule has 1 unspecified atom stereocenters. The van der Waals surface area contributed by atoms with Crippen LogP contribution in [0, 0.1) is 0 Å². The van der Waals surface area contributed by atoms with E-state index in [0.717, 1.165) is 12.8 Å². The molecule has 1 saturated carbocycles. The zero-order chi connectivity index (χ0) is 14.1. The zero-order valence-corrected chi connectivity index (χ0v) is 13.0. The van der Waals surface area contributed by atoms with Gasteiger partial charge in [-0.25, -0.2) is 0 Å². The summed E-state index contributed by atoms with van der Waals surface area (Å²) in [4.78, 5) is 12.1. The van der Waals surface area contributed by atoms with E-state index in [1.165, 1.54) is 44.9 Å². The van der Waals surface area contributed by atoms with Crippen LogP contribution in [0.15, 0.2) is 0 Å². The van der Waals surface area contributed by atoms with Crippen molar-refractivity contribution < 1.29 is 4.79 Å². The molecule has 0 aliphatic heterocycles. The van der Waals surface area contributed by atoms with E-state index in [1.54, 1.807) is 0 Å². The average Bonchev–Trinajstić information content (AvgIpc) is 2.38. The summed E-state index contributed by atoms with van der Waals surface area (Å²) in [5.74, 6) is 0.163. The lowest BCUT2D eigenvalue weighted by molar-refractivity contribution is -0.123. The van der Waals surface area contributed by atoms with Gasteiger partial charge in [0.25, 0.3) is 0 Å². The normalized spacial score (nSPS) is 19.8. The summed E-state index contributed by atoms with van der Waals surface area (Å²) in [5, 5.41) is 6.66. The van der Waals surface area contributed by atoms with E-state index in [1.807, 2.05) is 6.92 Å². The van der Waals surface area contributed by atoms with Crippen LogP contribution < -0.4 is 10.6 Å². The molecule has 0 aromatic heterocycles. The lowest BCUT2D eigenvalue weighted by atomic mass is 9.96. The number of rotatable bonds is 6. The Morgan fingerprint density at radius 2 is 1.58 bits per heavy atom. The Morgan fingerprint density at radius 1 is 1.05 bits per heavy atom. The van der Waals surface area contributed by atoms with Crippen LogP contribution in [0.2, 0.25) is 0 Å². The van der Waals surface area contributed by atoms with Gasteiger partial charge in [-0.2, -0.15) is 0 Å². The second kappa shape index (κ2) is 9.35. The van der Waals surface area contributed by atoms with Gasteiger partial charge in [0.15, 0.2) is 0 Å². The molecule has 1 fully saturated rings. The second-order valence-corrected chi connectivity index (χ2v) is 5.95. The molecule has 2 N–H and O–H groups in total. The Balaban J connectivity index is 2.34. The molecule has 1 aliphatic carbocycles. The molecule has 0 bridgehead atoms. The molecule has 1 atom stereocenters. The van der Waals surface area contributed by atoms with Crippen LogP contribution in [0.5, 0.6) is 0 Å². The number of hydrogen-bond acceptors (Lipinski definition) is 2. The molecule has 0 aromatic rings. The first-order valence-corrected chi connectivity index (χ1v) is 8.23. The fourth-order valence-corrected chi connectivity index (χ4v) is 2.87. The molecule has 0 spiro atoms. The molecule has 0 aromatic carbocycles. The van der Waals surface area contributed by atoms with Gasteiger partial charge in [-0.15, -0.1) is 0 Å². The number of nitrogens with one attached hydrogen (secondary N) is 2. The van der Waals surface area contributed by atoms with E-state index in [4.69, 9.17) is 0 Å². The summed E-state index contributed by atoms with van der Waals surface area (Å²) >= 11 is 0. The standard InChI is InChI=1S/C16H32N2O/c1-4-14(5-2)18-16(19)13(3)17-15-11-9-7-6-8-10-12-15/h13-15,17H,4-12H2,1-3H3,(H,18,19). The number of carbonyl (C=O) groups excluding carboxylic acids is 1. The van der Waals surface area contributed by atoms with Gasteiger partial charge >= 0.3 is 0 Å². The minimum Gasteiger partial charge on any atom is -0.352 e. The third-order valence-corrected chi connectivity index (χ3v) is 4.32. The SMILES string of the molecule is CCC(CC)NC(=O)C(C)NC1CCCCCCC1. The first kappa shape index (κ1) is 16.5. The van der Waals surface area contributed by atoms with Crippen LogP contribution in [0.1, 0.15) is 78.6 Å². The van der Waals surface area contributed by atoms with Crippen molar-refractivity contribution in [2.45, 2.75) is 96.7 Å². The Hall–Kier alpha value is -0.570. The fraction of sp³-hybridized carbons (Fsp3) is 0.938. The fourth-order valence-electron chi connectivity index (χ4n) is 2.87. The molecule has 112 valence electrons. The smallest absolute Gasteiger partial charge is 0.237 e. The van der Waals surface area contributed by atoms with Gasteiger partial charge in [-0.3, -0.25) is 4.79 Å². The molecule has 1 aliphatic rings. The van der Waals surface area contributed by atoms with Crippen molar-refractivity contribution >= 4 is 5.91 Å². The van der Waals surface area contributed by atoms with Crippen molar-refractivity contribution in [2.75, 3.05) is 0 Å². The van der Waals surface area contributed by atoms with Crippen LogP contribution >= 0.6 is 0 Å². The Kier molecular flexibility index (Phi) is 8.11. The third kappa shape index (κ3) is 6.42.